The maximum Gasteiger partial charge on any atom is 0.400 e. The van der Waals surface area contributed by atoms with Crippen molar-refractivity contribution in [2.45, 2.75) is 128 Å². The first kappa shape index (κ1) is 30.4. The van der Waals surface area contributed by atoms with Crippen molar-refractivity contribution in [1.29, 1.82) is 0 Å². The normalized spacial score (nSPS) is 29.3. The number of hydrogen-bond acceptors (Lipinski definition) is 1. The van der Waals surface area contributed by atoms with Gasteiger partial charge in [-0.25, -0.2) is 8.78 Å². The van der Waals surface area contributed by atoms with Crippen molar-refractivity contribution >= 4 is 0 Å². The van der Waals surface area contributed by atoms with Gasteiger partial charge in [0.2, 0.25) is 0 Å². The summed E-state index contributed by atoms with van der Waals surface area (Å²) in [6, 6.07) is 10.4. The van der Waals surface area contributed by atoms with Crippen LogP contribution in [-0.2, 0) is 0 Å². The minimum Gasteiger partial charge on any atom is -0.432 e. The largest absolute Gasteiger partial charge is 0.432 e. The molecule has 0 aliphatic heterocycles. The SMILES string of the molecule is CCCCCC1CCC(C2CCC(c3ccc(C4CCC(C(F)(F)Oc5ccc(F)cc5)CC4)c(F)c3)CC2)CC1. The van der Waals surface area contributed by atoms with Crippen LogP contribution in [0.2, 0.25) is 0 Å². The molecule has 3 aliphatic rings. The first-order chi connectivity index (χ1) is 19.8. The van der Waals surface area contributed by atoms with Gasteiger partial charge in [-0.2, -0.15) is 8.78 Å². The number of halogens is 4. The minimum atomic E-state index is -3.34. The van der Waals surface area contributed by atoms with E-state index in [9.17, 15) is 13.2 Å². The van der Waals surface area contributed by atoms with Crippen LogP contribution in [0.15, 0.2) is 42.5 Å². The summed E-state index contributed by atoms with van der Waals surface area (Å²) in [5, 5.41) is 0. The summed E-state index contributed by atoms with van der Waals surface area (Å²) in [5.41, 5.74) is 1.77. The summed E-state index contributed by atoms with van der Waals surface area (Å²) in [7, 11) is 0. The van der Waals surface area contributed by atoms with Crippen molar-refractivity contribution in [2.24, 2.45) is 23.7 Å². The summed E-state index contributed by atoms with van der Waals surface area (Å²) in [6.45, 7) is 2.28. The lowest BCUT2D eigenvalue weighted by atomic mass is 9.68. The number of unbranched alkanes of at least 4 members (excludes halogenated alkanes) is 2. The van der Waals surface area contributed by atoms with Gasteiger partial charge in [-0.1, -0.05) is 57.6 Å². The topological polar surface area (TPSA) is 9.23 Å². The molecule has 0 bridgehead atoms. The first-order valence-corrected chi connectivity index (χ1v) is 16.4. The Morgan fingerprint density at radius 2 is 1.32 bits per heavy atom. The van der Waals surface area contributed by atoms with Gasteiger partial charge in [-0.05, 0) is 135 Å². The number of hydrogen-bond donors (Lipinski definition) is 0. The molecule has 2 aromatic carbocycles. The molecule has 5 rings (SSSR count). The summed E-state index contributed by atoms with van der Waals surface area (Å²) >= 11 is 0. The minimum absolute atomic E-state index is 0.0422. The van der Waals surface area contributed by atoms with Crippen LogP contribution in [0.25, 0.3) is 0 Å². The van der Waals surface area contributed by atoms with Gasteiger partial charge in [0.15, 0.2) is 0 Å². The highest BCUT2D eigenvalue weighted by Crippen LogP contribution is 2.46. The fourth-order valence-electron chi connectivity index (χ4n) is 8.17. The zero-order valence-corrected chi connectivity index (χ0v) is 24.7. The molecule has 0 spiro atoms. The molecule has 3 fully saturated rings. The molecule has 0 aromatic heterocycles. The molecular formula is C36H48F4O. The van der Waals surface area contributed by atoms with Crippen molar-refractivity contribution in [3.63, 3.8) is 0 Å². The standard InChI is InChI=1S/C36H48F4O/c1-2-3-4-5-25-6-8-26(9-7-25)27-10-12-28(13-11-27)30-16-23-34(35(38)24-30)29-14-17-31(18-15-29)36(39,40)41-33-21-19-32(37)20-22-33/h16,19-29,31H,2-15,17-18H2,1H3. The highest BCUT2D eigenvalue weighted by Gasteiger charge is 2.44. The lowest BCUT2D eigenvalue weighted by Gasteiger charge is -2.38. The molecule has 0 radical (unpaired) electrons. The molecule has 0 atom stereocenters. The van der Waals surface area contributed by atoms with Crippen LogP contribution in [0, 0.1) is 35.3 Å². The highest BCUT2D eigenvalue weighted by atomic mass is 19.3. The predicted octanol–water partition coefficient (Wildman–Crippen LogP) is 11.6. The quantitative estimate of drug-likeness (QED) is 0.203. The zero-order valence-electron chi connectivity index (χ0n) is 24.7. The Bertz CT molecular complexity index is 1080. The van der Waals surface area contributed by atoms with Crippen LogP contribution < -0.4 is 4.74 Å². The second-order valence-corrected chi connectivity index (χ2v) is 13.3. The fourth-order valence-corrected chi connectivity index (χ4v) is 8.17. The van der Waals surface area contributed by atoms with E-state index in [4.69, 9.17) is 4.74 Å². The number of ether oxygens (including phenoxy) is 1. The number of benzene rings is 2. The first-order valence-electron chi connectivity index (χ1n) is 16.4. The summed E-state index contributed by atoms with van der Waals surface area (Å²) < 4.78 is 63.0. The van der Waals surface area contributed by atoms with Gasteiger partial charge in [0.25, 0.3) is 0 Å². The predicted molar refractivity (Wildman–Crippen MR) is 157 cm³/mol. The molecule has 41 heavy (non-hydrogen) atoms. The average molecular weight is 573 g/mol. The van der Waals surface area contributed by atoms with Gasteiger partial charge >= 0.3 is 6.11 Å². The Balaban J connectivity index is 1.08. The smallest absolute Gasteiger partial charge is 0.400 e. The van der Waals surface area contributed by atoms with Crippen molar-refractivity contribution in [2.75, 3.05) is 0 Å². The molecule has 0 N–H and O–H groups in total. The monoisotopic (exact) mass is 572 g/mol. The van der Waals surface area contributed by atoms with E-state index in [0.29, 0.717) is 24.3 Å². The molecule has 3 saturated carbocycles. The van der Waals surface area contributed by atoms with E-state index in [0.717, 1.165) is 48.3 Å². The second kappa shape index (κ2) is 14.0. The van der Waals surface area contributed by atoms with Gasteiger partial charge in [0.1, 0.15) is 17.4 Å². The Labute approximate surface area is 244 Å². The Hall–Kier alpha value is -2.04. The Kier molecular flexibility index (Phi) is 10.4. The van der Waals surface area contributed by atoms with E-state index >= 15 is 4.39 Å². The van der Waals surface area contributed by atoms with E-state index in [2.05, 4.69) is 13.0 Å². The maximum absolute atomic E-state index is 15.4. The van der Waals surface area contributed by atoms with E-state index in [1.807, 2.05) is 6.07 Å². The third kappa shape index (κ3) is 7.87. The maximum atomic E-state index is 15.4. The van der Waals surface area contributed by atoms with Gasteiger partial charge in [0, 0.05) is 0 Å². The third-order valence-electron chi connectivity index (χ3n) is 10.8. The van der Waals surface area contributed by atoms with Crippen molar-refractivity contribution < 1.29 is 22.3 Å². The van der Waals surface area contributed by atoms with Gasteiger partial charge in [0.05, 0.1) is 5.92 Å². The molecule has 3 aliphatic carbocycles. The van der Waals surface area contributed by atoms with E-state index in [1.165, 1.54) is 76.3 Å². The molecule has 0 amide bonds. The van der Waals surface area contributed by atoms with Crippen LogP contribution in [0.4, 0.5) is 17.6 Å². The van der Waals surface area contributed by atoms with Gasteiger partial charge < -0.3 is 4.74 Å². The fraction of sp³-hybridized carbons (Fsp3) is 0.667. The van der Waals surface area contributed by atoms with Gasteiger partial charge in [-0.3, -0.25) is 0 Å². The lowest BCUT2D eigenvalue weighted by molar-refractivity contribution is -0.222. The number of alkyl halides is 2. The molecule has 1 nitrogen and oxygen atoms in total. The Morgan fingerprint density at radius 3 is 1.93 bits per heavy atom. The van der Waals surface area contributed by atoms with Crippen LogP contribution in [0.5, 0.6) is 5.75 Å². The van der Waals surface area contributed by atoms with Crippen LogP contribution in [-0.4, -0.2) is 6.11 Å². The van der Waals surface area contributed by atoms with Crippen molar-refractivity contribution in [3.05, 3.63) is 65.2 Å². The van der Waals surface area contributed by atoms with E-state index in [1.54, 1.807) is 6.07 Å². The summed E-state index contributed by atoms with van der Waals surface area (Å²) in [4.78, 5) is 0. The van der Waals surface area contributed by atoms with Crippen LogP contribution >= 0.6 is 0 Å². The molecule has 0 heterocycles. The van der Waals surface area contributed by atoms with E-state index < -0.39 is 17.8 Å². The van der Waals surface area contributed by atoms with Gasteiger partial charge in [-0.15, -0.1) is 0 Å². The molecule has 0 saturated heterocycles. The molecule has 226 valence electrons. The second-order valence-electron chi connectivity index (χ2n) is 13.3. The molecule has 0 unspecified atom stereocenters. The van der Waals surface area contributed by atoms with Crippen LogP contribution in [0.3, 0.4) is 0 Å². The highest BCUT2D eigenvalue weighted by molar-refractivity contribution is 5.30. The van der Waals surface area contributed by atoms with E-state index in [-0.39, 0.29) is 30.3 Å². The summed E-state index contributed by atoms with van der Waals surface area (Å²) in [5.74, 6) is 1.42. The number of rotatable bonds is 10. The zero-order chi connectivity index (χ0) is 28.8. The molecular weight excluding hydrogens is 524 g/mol. The molecule has 5 heteroatoms. The Morgan fingerprint density at radius 1 is 0.707 bits per heavy atom. The summed E-state index contributed by atoms with van der Waals surface area (Å²) in [6.07, 6.45) is 14.2. The van der Waals surface area contributed by atoms with Crippen LogP contribution in [0.1, 0.15) is 133 Å². The van der Waals surface area contributed by atoms with Crippen molar-refractivity contribution in [3.8, 4) is 5.75 Å². The average Bonchev–Trinajstić information content (AvgIpc) is 2.99. The molecule has 2 aromatic rings. The third-order valence-corrected chi connectivity index (χ3v) is 10.8. The van der Waals surface area contributed by atoms with Crippen molar-refractivity contribution in [1.82, 2.24) is 0 Å². The lowest BCUT2D eigenvalue weighted by Crippen LogP contribution is -2.37.